The van der Waals surface area contributed by atoms with Gasteiger partial charge in [-0.2, -0.15) is 0 Å². The van der Waals surface area contributed by atoms with Crippen LogP contribution in [-0.2, 0) is 0 Å². The van der Waals surface area contributed by atoms with E-state index in [2.05, 4.69) is 49.7 Å². The van der Waals surface area contributed by atoms with E-state index in [1.807, 2.05) is 0 Å². The fourth-order valence-electron chi connectivity index (χ4n) is 2.38. The standard InChI is InChI=1S/C13H29N3/c1-12(2)16-8-6-13(7-9-16)15(5)11-10-14(3)4/h12-13H,6-11H2,1-5H3. The van der Waals surface area contributed by atoms with Crippen molar-refractivity contribution in [2.75, 3.05) is 47.3 Å². The van der Waals surface area contributed by atoms with Gasteiger partial charge in [-0.05, 0) is 60.9 Å². The van der Waals surface area contributed by atoms with Crippen molar-refractivity contribution < 1.29 is 0 Å². The molecule has 0 aromatic carbocycles. The molecule has 0 N–H and O–H groups in total. The zero-order valence-corrected chi connectivity index (χ0v) is 11.7. The topological polar surface area (TPSA) is 9.72 Å². The Morgan fingerprint density at radius 2 is 1.62 bits per heavy atom. The van der Waals surface area contributed by atoms with Crippen molar-refractivity contribution in [2.45, 2.75) is 38.8 Å². The molecule has 3 heteroatoms. The Kier molecular flexibility index (Phi) is 5.73. The zero-order valence-electron chi connectivity index (χ0n) is 11.7. The first-order valence-corrected chi connectivity index (χ1v) is 6.59. The van der Waals surface area contributed by atoms with Crippen molar-refractivity contribution in [3.63, 3.8) is 0 Å². The highest BCUT2D eigenvalue weighted by molar-refractivity contribution is 4.79. The number of likely N-dealkylation sites (tertiary alicyclic amines) is 1. The molecule has 0 radical (unpaired) electrons. The van der Waals surface area contributed by atoms with Crippen molar-refractivity contribution >= 4 is 0 Å². The van der Waals surface area contributed by atoms with E-state index in [0.29, 0.717) is 6.04 Å². The number of hydrogen-bond acceptors (Lipinski definition) is 3. The number of hydrogen-bond donors (Lipinski definition) is 0. The van der Waals surface area contributed by atoms with E-state index in [9.17, 15) is 0 Å². The number of piperidine rings is 1. The maximum atomic E-state index is 2.59. The summed E-state index contributed by atoms with van der Waals surface area (Å²) in [4.78, 5) is 7.40. The smallest absolute Gasteiger partial charge is 0.0117 e. The molecule has 0 saturated carbocycles. The van der Waals surface area contributed by atoms with Gasteiger partial charge in [0.1, 0.15) is 0 Å². The van der Waals surface area contributed by atoms with Crippen LogP contribution in [0.25, 0.3) is 0 Å². The summed E-state index contributed by atoms with van der Waals surface area (Å²) in [5, 5.41) is 0. The monoisotopic (exact) mass is 227 g/mol. The van der Waals surface area contributed by atoms with Crippen LogP contribution in [0.5, 0.6) is 0 Å². The van der Waals surface area contributed by atoms with Crippen LogP contribution in [0.1, 0.15) is 26.7 Å². The Hall–Kier alpha value is -0.120. The highest BCUT2D eigenvalue weighted by Gasteiger charge is 2.23. The first-order valence-electron chi connectivity index (χ1n) is 6.59. The fourth-order valence-corrected chi connectivity index (χ4v) is 2.38. The predicted octanol–water partition coefficient (Wildman–Crippen LogP) is 1.35. The molecule has 96 valence electrons. The van der Waals surface area contributed by atoms with E-state index in [0.717, 1.165) is 6.04 Å². The molecule has 1 aliphatic rings. The summed E-state index contributed by atoms with van der Waals surface area (Å²) >= 11 is 0. The largest absolute Gasteiger partial charge is 0.308 e. The molecular formula is C13H29N3. The summed E-state index contributed by atoms with van der Waals surface area (Å²) in [5.74, 6) is 0. The second-order valence-electron chi connectivity index (χ2n) is 5.64. The lowest BCUT2D eigenvalue weighted by atomic mass is 10.0. The summed E-state index contributed by atoms with van der Waals surface area (Å²) in [6, 6.07) is 1.52. The summed E-state index contributed by atoms with van der Waals surface area (Å²) in [5.41, 5.74) is 0. The van der Waals surface area contributed by atoms with Gasteiger partial charge in [0.2, 0.25) is 0 Å². The highest BCUT2D eigenvalue weighted by Crippen LogP contribution is 2.16. The lowest BCUT2D eigenvalue weighted by Gasteiger charge is -2.38. The van der Waals surface area contributed by atoms with Gasteiger partial charge in [0.25, 0.3) is 0 Å². The number of likely N-dealkylation sites (N-methyl/N-ethyl adjacent to an activating group) is 2. The predicted molar refractivity (Wildman–Crippen MR) is 70.9 cm³/mol. The Morgan fingerprint density at radius 3 is 2.06 bits per heavy atom. The molecule has 3 nitrogen and oxygen atoms in total. The molecule has 1 heterocycles. The van der Waals surface area contributed by atoms with E-state index >= 15 is 0 Å². The van der Waals surface area contributed by atoms with Crippen molar-refractivity contribution in [2.24, 2.45) is 0 Å². The molecule has 0 amide bonds. The molecule has 0 bridgehead atoms. The van der Waals surface area contributed by atoms with Gasteiger partial charge in [-0.15, -0.1) is 0 Å². The molecule has 1 saturated heterocycles. The van der Waals surface area contributed by atoms with Gasteiger partial charge >= 0.3 is 0 Å². The van der Waals surface area contributed by atoms with Gasteiger partial charge < -0.3 is 14.7 Å². The Bertz CT molecular complexity index is 184. The van der Waals surface area contributed by atoms with Crippen LogP contribution in [0.15, 0.2) is 0 Å². The van der Waals surface area contributed by atoms with Crippen LogP contribution in [0.2, 0.25) is 0 Å². The van der Waals surface area contributed by atoms with Crippen LogP contribution in [0.4, 0.5) is 0 Å². The van der Waals surface area contributed by atoms with Crippen molar-refractivity contribution in [1.82, 2.24) is 14.7 Å². The average molecular weight is 227 g/mol. The van der Waals surface area contributed by atoms with Crippen LogP contribution < -0.4 is 0 Å². The van der Waals surface area contributed by atoms with E-state index < -0.39 is 0 Å². The van der Waals surface area contributed by atoms with E-state index in [4.69, 9.17) is 0 Å². The number of nitrogens with zero attached hydrogens (tertiary/aromatic N) is 3. The molecule has 0 aromatic rings. The Balaban J connectivity index is 2.24. The summed E-state index contributed by atoms with van der Waals surface area (Å²) in [6.45, 7) is 9.51. The molecule has 0 aromatic heterocycles. The van der Waals surface area contributed by atoms with Gasteiger partial charge in [0, 0.05) is 25.2 Å². The molecular weight excluding hydrogens is 198 g/mol. The minimum atomic E-state index is 0.716. The van der Waals surface area contributed by atoms with Gasteiger partial charge in [0.15, 0.2) is 0 Å². The zero-order chi connectivity index (χ0) is 12.1. The van der Waals surface area contributed by atoms with E-state index in [-0.39, 0.29) is 0 Å². The van der Waals surface area contributed by atoms with Crippen LogP contribution in [-0.4, -0.2) is 74.1 Å². The second kappa shape index (κ2) is 6.58. The minimum Gasteiger partial charge on any atom is -0.308 e. The van der Waals surface area contributed by atoms with E-state index in [1.165, 1.54) is 39.0 Å². The maximum absolute atomic E-state index is 2.59. The number of rotatable bonds is 5. The van der Waals surface area contributed by atoms with Crippen LogP contribution in [0.3, 0.4) is 0 Å². The van der Waals surface area contributed by atoms with Gasteiger partial charge in [-0.1, -0.05) is 0 Å². The van der Waals surface area contributed by atoms with Crippen molar-refractivity contribution in [3.05, 3.63) is 0 Å². The second-order valence-corrected chi connectivity index (χ2v) is 5.64. The third-order valence-electron chi connectivity index (χ3n) is 3.75. The Labute approximate surface area is 101 Å². The minimum absolute atomic E-state index is 0.716. The lowest BCUT2D eigenvalue weighted by molar-refractivity contribution is 0.104. The van der Waals surface area contributed by atoms with Gasteiger partial charge in [0.05, 0.1) is 0 Å². The molecule has 0 atom stereocenters. The Morgan fingerprint density at radius 1 is 1.06 bits per heavy atom. The highest BCUT2D eigenvalue weighted by atomic mass is 15.2. The SMILES string of the molecule is CC(C)N1CCC(N(C)CCN(C)C)CC1. The maximum Gasteiger partial charge on any atom is 0.0117 e. The van der Waals surface area contributed by atoms with Crippen LogP contribution >= 0.6 is 0 Å². The summed E-state index contributed by atoms with van der Waals surface area (Å²) in [7, 11) is 6.57. The molecule has 1 fully saturated rings. The first-order chi connectivity index (χ1) is 7.50. The summed E-state index contributed by atoms with van der Waals surface area (Å²) in [6.07, 6.45) is 2.67. The third kappa shape index (κ3) is 4.40. The van der Waals surface area contributed by atoms with Crippen molar-refractivity contribution in [1.29, 1.82) is 0 Å². The van der Waals surface area contributed by atoms with Gasteiger partial charge in [-0.25, -0.2) is 0 Å². The molecule has 1 aliphatic heterocycles. The molecule has 16 heavy (non-hydrogen) atoms. The quantitative estimate of drug-likeness (QED) is 0.702. The summed E-state index contributed by atoms with van der Waals surface area (Å²) < 4.78 is 0. The molecule has 1 rings (SSSR count). The van der Waals surface area contributed by atoms with Crippen LogP contribution in [0, 0.1) is 0 Å². The lowest BCUT2D eigenvalue weighted by Crippen LogP contribution is -2.46. The van der Waals surface area contributed by atoms with E-state index in [1.54, 1.807) is 0 Å². The average Bonchev–Trinajstić information content (AvgIpc) is 2.26. The molecule has 0 unspecified atom stereocenters. The first kappa shape index (κ1) is 13.9. The molecule has 0 aliphatic carbocycles. The molecule has 0 spiro atoms. The normalized spacial score (nSPS) is 20.2. The van der Waals surface area contributed by atoms with Crippen molar-refractivity contribution in [3.8, 4) is 0 Å². The third-order valence-corrected chi connectivity index (χ3v) is 3.75. The van der Waals surface area contributed by atoms with Gasteiger partial charge in [-0.3, -0.25) is 0 Å². The fraction of sp³-hybridized carbons (Fsp3) is 1.00.